The summed E-state index contributed by atoms with van der Waals surface area (Å²) in [4.78, 5) is 0. The minimum absolute atomic E-state index is 0.202. The van der Waals surface area contributed by atoms with Gasteiger partial charge in [-0.2, -0.15) is 0 Å². The highest BCUT2D eigenvalue weighted by molar-refractivity contribution is 7.98. The molecule has 0 radical (unpaired) electrons. The molecule has 0 amide bonds. The van der Waals surface area contributed by atoms with Gasteiger partial charge in [0.25, 0.3) is 0 Å². The molecule has 0 atom stereocenters. The van der Waals surface area contributed by atoms with Crippen LogP contribution in [-0.2, 0) is 18.9 Å². The van der Waals surface area contributed by atoms with Crippen LogP contribution in [0.2, 0.25) is 5.02 Å². The predicted octanol–water partition coefficient (Wildman–Crippen LogP) is 5.10. The molecule has 3 aromatic rings. The molecule has 1 heterocycles. The summed E-state index contributed by atoms with van der Waals surface area (Å²) < 4.78 is 34.3. The molecule has 8 heteroatoms. The van der Waals surface area contributed by atoms with Gasteiger partial charge < -0.3 is 9.30 Å². The van der Waals surface area contributed by atoms with Crippen LogP contribution in [0.15, 0.2) is 47.6 Å². The SMILES string of the molecule is CCn1c(COc2ccc(F)cc2)nnc1SCc1c(F)cccc1Cl. The molecular formula is C18H16ClF2N3OS. The molecule has 0 unspecified atom stereocenters. The first-order chi connectivity index (χ1) is 12.6. The van der Waals surface area contributed by atoms with Crippen molar-refractivity contribution in [3.05, 3.63) is 70.5 Å². The fourth-order valence-corrected chi connectivity index (χ4v) is 3.70. The topological polar surface area (TPSA) is 39.9 Å². The van der Waals surface area contributed by atoms with Crippen molar-refractivity contribution in [2.24, 2.45) is 0 Å². The number of ether oxygens (including phenoxy) is 1. The average Bonchev–Trinajstić information content (AvgIpc) is 3.03. The number of aromatic nitrogens is 3. The standard InChI is InChI=1S/C18H16ClF2N3OS/c1-2-24-17(10-25-13-8-6-12(20)7-9-13)22-23-18(24)26-11-14-15(19)4-3-5-16(14)21/h3-9H,2,10-11H2,1H3. The maximum Gasteiger partial charge on any atom is 0.191 e. The van der Waals surface area contributed by atoms with Crippen molar-refractivity contribution >= 4 is 23.4 Å². The molecule has 0 saturated heterocycles. The quantitative estimate of drug-likeness (QED) is 0.522. The number of hydrogen-bond acceptors (Lipinski definition) is 4. The monoisotopic (exact) mass is 395 g/mol. The van der Waals surface area contributed by atoms with E-state index >= 15 is 0 Å². The molecule has 3 rings (SSSR count). The molecule has 0 aliphatic rings. The summed E-state index contributed by atoms with van der Waals surface area (Å²) in [6, 6.07) is 10.4. The van der Waals surface area contributed by atoms with Gasteiger partial charge in [-0.05, 0) is 43.3 Å². The van der Waals surface area contributed by atoms with Crippen molar-refractivity contribution in [2.45, 2.75) is 31.0 Å². The van der Waals surface area contributed by atoms with E-state index in [4.69, 9.17) is 16.3 Å². The van der Waals surface area contributed by atoms with Crippen LogP contribution in [0.25, 0.3) is 0 Å². The van der Waals surface area contributed by atoms with Crippen molar-refractivity contribution in [3.63, 3.8) is 0 Å². The Balaban J connectivity index is 1.68. The molecule has 136 valence electrons. The van der Waals surface area contributed by atoms with E-state index in [0.717, 1.165) is 0 Å². The van der Waals surface area contributed by atoms with Gasteiger partial charge in [0.1, 0.15) is 24.0 Å². The van der Waals surface area contributed by atoms with E-state index < -0.39 is 0 Å². The van der Waals surface area contributed by atoms with Gasteiger partial charge in [-0.1, -0.05) is 29.4 Å². The lowest BCUT2D eigenvalue weighted by atomic mass is 10.2. The van der Waals surface area contributed by atoms with Crippen LogP contribution >= 0.6 is 23.4 Å². The summed E-state index contributed by atoms with van der Waals surface area (Å²) >= 11 is 7.42. The van der Waals surface area contributed by atoms with Crippen LogP contribution in [-0.4, -0.2) is 14.8 Å². The highest BCUT2D eigenvalue weighted by Crippen LogP contribution is 2.28. The van der Waals surface area contributed by atoms with Crippen molar-refractivity contribution in [2.75, 3.05) is 0 Å². The smallest absolute Gasteiger partial charge is 0.191 e. The number of benzene rings is 2. The summed E-state index contributed by atoms with van der Waals surface area (Å²) in [6.45, 7) is 2.81. The summed E-state index contributed by atoms with van der Waals surface area (Å²) in [5.41, 5.74) is 0.439. The molecule has 0 saturated carbocycles. The molecule has 0 aliphatic carbocycles. The molecule has 0 spiro atoms. The molecule has 0 N–H and O–H groups in total. The maximum absolute atomic E-state index is 13.9. The minimum Gasteiger partial charge on any atom is -0.486 e. The predicted molar refractivity (Wildman–Crippen MR) is 97.4 cm³/mol. The van der Waals surface area contributed by atoms with E-state index in [2.05, 4.69) is 10.2 Å². The Morgan fingerprint density at radius 2 is 1.88 bits per heavy atom. The maximum atomic E-state index is 13.9. The molecule has 0 aliphatic heterocycles. The summed E-state index contributed by atoms with van der Waals surface area (Å²) in [7, 11) is 0. The van der Waals surface area contributed by atoms with Crippen LogP contribution in [0.3, 0.4) is 0 Å². The fourth-order valence-electron chi connectivity index (χ4n) is 2.34. The third kappa shape index (κ3) is 4.34. The normalized spacial score (nSPS) is 10.9. The first kappa shape index (κ1) is 18.7. The van der Waals surface area contributed by atoms with Crippen molar-refractivity contribution in [1.82, 2.24) is 14.8 Å². The Hall–Kier alpha value is -2.12. The van der Waals surface area contributed by atoms with Gasteiger partial charge in [0.05, 0.1) is 0 Å². The van der Waals surface area contributed by atoms with Crippen LogP contribution < -0.4 is 4.74 Å². The lowest BCUT2D eigenvalue weighted by Gasteiger charge is -2.09. The van der Waals surface area contributed by atoms with Crippen LogP contribution in [0, 0.1) is 11.6 Å². The zero-order chi connectivity index (χ0) is 18.5. The summed E-state index contributed by atoms with van der Waals surface area (Å²) in [6.07, 6.45) is 0. The second-order valence-corrected chi connectivity index (χ2v) is 6.72. The largest absolute Gasteiger partial charge is 0.486 e. The molecule has 26 heavy (non-hydrogen) atoms. The lowest BCUT2D eigenvalue weighted by molar-refractivity contribution is 0.288. The lowest BCUT2D eigenvalue weighted by Crippen LogP contribution is -2.07. The number of thioether (sulfide) groups is 1. The Labute approximate surface area is 159 Å². The van der Waals surface area contributed by atoms with Crippen molar-refractivity contribution < 1.29 is 13.5 Å². The van der Waals surface area contributed by atoms with Gasteiger partial charge in [0.2, 0.25) is 0 Å². The Kier molecular flexibility index (Phi) is 6.11. The van der Waals surface area contributed by atoms with Crippen LogP contribution in [0.4, 0.5) is 8.78 Å². The first-order valence-corrected chi connectivity index (χ1v) is 9.31. The van der Waals surface area contributed by atoms with Gasteiger partial charge in [-0.15, -0.1) is 10.2 Å². The van der Waals surface area contributed by atoms with Crippen LogP contribution in [0.5, 0.6) is 5.75 Å². The summed E-state index contributed by atoms with van der Waals surface area (Å²) in [5.74, 6) is 0.873. The molecule has 1 aromatic heterocycles. The summed E-state index contributed by atoms with van der Waals surface area (Å²) in [5, 5.41) is 9.35. The third-order valence-electron chi connectivity index (χ3n) is 3.70. The second kappa shape index (κ2) is 8.51. The molecule has 0 fully saturated rings. The van der Waals surface area contributed by atoms with Crippen molar-refractivity contribution in [3.8, 4) is 5.75 Å². The van der Waals surface area contributed by atoms with Gasteiger partial charge >= 0.3 is 0 Å². The molecule has 4 nitrogen and oxygen atoms in total. The number of nitrogens with zero attached hydrogens (tertiary/aromatic N) is 3. The first-order valence-electron chi connectivity index (χ1n) is 7.94. The van der Waals surface area contributed by atoms with Crippen molar-refractivity contribution in [1.29, 1.82) is 0 Å². The van der Waals surface area contributed by atoms with Gasteiger partial charge in [-0.3, -0.25) is 0 Å². The minimum atomic E-state index is -0.340. The Morgan fingerprint density at radius 1 is 1.12 bits per heavy atom. The van der Waals surface area contributed by atoms with E-state index in [1.165, 1.54) is 30.0 Å². The van der Waals surface area contributed by atoms with E-state index in [0.29, 0.717) is 39.6 Å². The third-order valence-corrected chi connectivity index (χ3v) is 5.05. The number of rotatable bonds is 7. The Bertz CT molecular complexity index is 866. The molecule has 0 bridgehead atoms. The van der Waals surface area contributed by atoms with Gasteiger partial charge in [0.15, 0.2) is 11.0 Å². The zero-order valence-electron chi connectivity index (χ0n) is 14.0. The molecular weight excluding hydrogens is 380 g/mol. The number of hydrogen-bond donors (Lipinski definition) is 0. The van der Waals surface area contributed by atoms with E-state index in [9.17, 15) is 8.78 Å². The second-order valence-electron chi connectivity index (χ2n) is 5.37. The Morgan fingerprint density at radius 3 is 2.58 bits per heavy atom. The average molecular weight is 396 g/mol. The highest BCUT2D eigenvalue weighted by atomic mass is 35.5. The highest BCUT2D eigenvalue weighted by Gasteiger charge is 2.14. The molecule has 2 aromatic carbocycles. The fraction of sp³-hybridized carbons (Fsp3) is 0.222. The number of halogens is 3. The van der Waals surface area contributed by atoms with E-state index in [1.54, 1.807) is 24.3 Å². The van der Waals surface area contributed by atoms with E-state index in [1.807, 2.05) is 11.5 Å². The zero-order valence-corrected chi connectivity index (χ0v) is 15.5. The van der Waals surface area contributed by atoms with E-state index in [-0.39, 0.29) is 18.2 Å². The van der Waals surface area contributed by atoms with Gasteiger partial charge in [-0.25, -0.2) is 8.78 Å². The van der Waals surface area contributed by atoms with Gasteiger partial charge in [0, 0.05) is 22.9 Å². The van der Waals surface area contributed by atoms with Crippen LogP contribution in [0.1, 0.15) is 18.3 Å².